The normalized spacial score (nSPS) is 12.8. The highest BCUT2D eigenvalue weighted by molar-refractivity contribution is 7.85. The number of allylic oxidation sites excluding steroid dienone is 1. The van der Waals surface area contributed by atoms with Gasteiger partial charge in [-0.05, 0) is 30.4 Å². The van der Waals surface area contributed by atoms with E-state index in [0.29, 0.717) is 57.0 Å². The summed E-state index contributed by atoms with van der Waals surface area (Å²) in [4.78, 5) is 67.5. The summed E-state index contributed by atoms with van der Waals surface area (Å²) in [6.07, 6.45) is 6.71. The summed E-state index contributed by atoms with van der Waals surface area (Å²) < 4.78 is 60.4. The lowest BCUT2D eigenvalue weighted by Gasteiger charge is -2.28. The number of ketones is 1. The van der Waals surface area contributed by atoms with Crippen LogP contribution in [-0.4, -0.2) is 169 Å². The molecule has 3 N–H and O–H groups in total. The van der Waals surface area contributed by atoms with Crippen molar-refractivity contribution >= 4 is 50.1 Å². The number of hydrogen-bond acceptors (Lipinski definition) is 15. The van der Waals surface area contributed by atoms with Gasteiger partial charge >= 0.3 is 0 Å². The van der Waals surface area contributed by atoms with Gasteiger partial charge in [0, 0.05) is 38.9 Å². The first-order valence-corrected chi connectivity index (χ1v) is 22.5. The second-order valence-corrected chi connectivity index (χ2v) is 16.0. The number of carbonyl (C=O) groups is 4. The fourth-order valence-corrected chi connectivity index (χ4v) is 7.26. The van der Waals surface area contributed by atoms with Crippen molar-refractivity contribution in [3.05, 3.63) is 84.2 Å². The molecule has 348 valence electrons. The van der Waals surface area contributed by atoms with E-state index in [9.17, 15) is 37.4 Å². The maximum Gasteiger partial charge on any atom is 0.295 e. The number of benzene rings is 1. The molecule has 4 heterocycles. The molecule has 1 aliphatic heterocycles. The topological polar surface area (TPSA) is 270 Å². The minimum atomic E-state index is -4.35. The highest BCUT2D eigenvalue weighted by Gasteiger charge is 2.31. The van der Waals surface area contributed by atoms with Crippen LogP contribution in [-0.2, 0) is 38.7 Å². The van der Waals surface area contributed by atoms with E-state index in [-0.39, 0.29) is 93.7 Å². The van der Waals surface area contributed by atoms with Crippen LogP contribution < -0.4 is 10.1 Å². The first-order chi connectivity index (χ1) is 31.4. The molecule has 0 unspecified atom stereocenters. The summed E-state index contributed by atoms with van der Waals surface area (Å²) in [5, 5.41) is 17.1. The molecule has 4 aromatic rings. The number of nitriles is 1. The maximum atomic E-state index is 13.7. The Hall–Kier alpha value is -6.35. The first-order valence-electron chi connectivity index (χ1n) is 20.9. The molecule has 0 radical (unpaired) electrons. The number of carbonyl (C=O) groups excluding carboxylic acids is 4. The van der Waals surface area contributed by atoms with Crippen molar-refractivity contribution in [2.75, 3.05) is 98.4 Å². The molecule has 5 rings (SSSR count). The number of pyridine rings is 1. The number of ether oxygens (including phenoxy) is 5. The number of nitrogens with zero attached hydrogens (tertiary/aromatic N) is 7. The fourth-order valence-electron chi connectivity index (χ4n) is 6.80. The first kappa shape index (κ1) is 49.7. The molecule has 1 saturated heterocycles. The van der Waals surface area contributed by atoms with E-state index in [1.807, 2.05) is 30.3 Å². The Morgan fingerprint density at radius 1 is 0.985 bits per heavy atom. The number of nitrogens with one attached hydrogen (secondary N) is 2. The Labute approximate surface area is 376 Å². The van der Waals surface area contributed by atoms with Crippen LogP contribution in [0.4, 0.5) is 0 Å². The molecular weight excluding hydrogens is 867 g/mol. The molecule has 1 aromatic carbocycles. The van der Waals surface area contributed by atoms with Crippen LogP contribution in [0.1, 0.15) is 52.2 Å². The predicted molar refractivity (Wildman–Crippen MR) is 235 cm³/mol. The lowest BCUT2D eigenvalue weighted by molar-refractivity contribution is -0.132. The zero-order chi connectivity index (χ0) is 46.6. The molecule has 3 amide bonds. The van der Waals surface area contributed by atoms with Crippen molar-refractivity contribution in [3.63, 3.8) is 0 Å². The summed E-state index contributed by atoms with van der Waals surface area (Å²) in [6.45, 7) is 6.60. The SMILES string of the molecule is C=CCOCCOCCOCCOCCC(=O)N(CCCNC(=O)c1ncn(-c2ncc(OC)c3c(C(=O)C(=O)N4CCC(=C(C#N)c5ccccc5)CC4)c[nH]c23)n1)CCS(=O)(=O)O. The molecule has 1 fully saturated rings. The van der Waals surface area contributed by atoms with E-state index in [4.69, 9.17) is 23.7 Å². The quantitative estimate of drug-likeness (QED) is 0.0194. The van der Waals surface area contributed by atoms with E-state index in [1.54, 1.807) is 6.08 Å². The number of amides is 3. The zero-order valence-corrected chi connectivity index (χ0v) is 36.9. The third-order valence-corrected chi connectivity index (χ3v) is 10.8. The number of aromatic nitrogens is 5. The van der Waals surface area contributed by atoms with Gasteiger partial charge in [0.15, 0.2) is 5.82 Å². The van der Waals surface area contributed by atoms with Gasteiger partial charge < -0.3 is 43.8 Å². The van der Waals surface area contributed by atoms with E-state index >= 15 is 0 Å². The summed E-state index contributed by atoms with van der Waals surface area (Å²) in [5.41, 5.74) is 2.64. The van der Waals surface area contributed by atoms with Crippen LogP contribution in [0, 0.1) is 11.3 Å². The second kappa shape index (κ2) is 25.2. The van der Waals surface area contributed by atoms with Gasteiger partial charge in [0.1, 0.15) is 12.1 Å². The van der Waals surface area contributed by atoms with Crippen LogP contribution in [0.2, 0.25) is 0 Å². The number of methoxy groups -OCH3 is 1. The summed E-state index contributed by atoms with van der Waals surface area (Å²) in [6, 6.07) is 11.6. The molecule has 0 aliphatic carbocycles. The number of rotatable bonds is 27. The lowest BCUT2D eigenvalue weighted by Crippen LogP contribution is -2.40. The molecule has 65 heavy (non-hydrogen) atoms. The van der Waals surface area contributed by atoms with Gasteiger partial charge in [-0.2, -0.15) is 18.4 Å². The Balaban J connectivity index is 1.12. The standard InChI is InChI=1S/C43H53N9O12S/c1-3-18-61-20-22-63-24-25-64-23-21-62-19-12-36(53)50(17-26-65(57,58)59)14-7-13-45-42(55)40-48-30-52(49-40)41-38-37(35(60-2)29-47-41)34(28-46-38)39(54)43(56)51-15-10-32(11-16-51)33(27-44)31-8-5-4-6-9-31/h3-6,8-9,28-30,46H,1,7,10-26H2,2H3,(H,45,55)(H,57,58,59). The summed E-state index contributed by atoms with van der Waals surface area (Å²) in [5.74, 6) is -3.05. The van der Waals surface area contributed by atoms with Gasteiger partial charge in [-0.1, -0.05) is 36.4 Å². The average Bonchev–Trinajstić information content (AvgIpc) is 3.99. The van der Waals surface area contributed by atoms with Crippen molar-refractivity contribution in [2.45, 2.75) is 25.7 Å². The Kier molecular flexibility index (Phi) is 19.3. The minimum Gasteiger partial charge on any atom is -0.494 e. The number of piperidine rings is 1. The molecule has 0 bridgehead atoms. The van der Waals surface area contributed by atoms with Gasteiger partial charge in [0.05, 0.1) is 106 Å². The van der Waals surface area contributed by atoms with Gasteiger partial charge in [-0.15, -0.1) is 11.7 Å². The van der Waals surface area contributed by atoms with E-state index in [0.717, 1.165) is 11.1 Å². The van der Waals surface area contributed by atoms with Crippen LogP contribution in [0.25, 0.3) is 22.3 Å². The largest absolute Gasteiger partial charge is 0.494 e. The number of likely N-dealkylation sites (tertiary alicyclic amines) is 1. The fraction of sp³-hybridized carbons (Fsp3) is 0.442. The smallest absolute Gasteiger partial charge is 0.295 e. The van der Waals surface area contributed by atoms with Crippen molar-refractivity contribution in [1.82, 2.24) is 39.8 Å². The summed E-state index contributed by atoms with van der Waals surface area (Å²) >= 11 is 0. The average molecular weight is 920 g/mol. The Morgan fingerprint density at radius 3 is 2.31 bits per heavy atom. The van der Waals surface area contributed by atoms with Gasteiger partial charge in [-0.25, -0.2) is 9.97 Å². The van der Waals surface area contributed by atoms with Crippen LogP contribution in [0.15, 0.2) is 67.3 Å². The highest BCUT2D eigenvalue weighted by Crippen LogP contribution is 2.33. The van der Waals surface area contributed by atoms with Crippen LogP contribution in [0.3, 0.4) is 0 Å². The predicted octanol–water partition coefficient (Wildman–Crippen LogP) is 2.41. The number of Topliss-reactive ketones (excluding diaryl/α,β-unsaturated/α-hetero) is 1. The number of aromatic amines is 1. The van der Waals surface area contributed by atoms with Crippen LogP contribution in [0.5, 0.6) is 5.75 Å². The monoisotopic (exact) mass is 919 g/mol. The molecule has 22 heteroatoms. The number of hydrogen-bond donors (Lipinski definition) is 3. The number of fused-ring (bicyclic) bond motifs is 1. The van der Waals surface area contributed by atoms with Gasteiger partial charge in [-0.3, -0.25) is 23.7 Å². The van der Waals surface area contributed by atoms with E-state index < -0.39 is 39.4 Å². The zero-order valence-electron chi connectivity index (χ0n) is 36.1. The molecule has 0 saturated carbocycles. The Morgan fingerprint density at radius 2 is 1.66 bits per heavy atom. The molecule has 21 nitrogen and oxygen atoms in total. The molecule has 3 aromatic heterocycles. The van der Waals surface area contributed by atoms with Crippen LogP contribution >= 0.6 is 0 Å². The van der Waals surface area contributed by atoms with Crippen molar-refractivity contribution in [1.29, 1.82) is 5.26 Å². The van der Waals surface area contributed by atoms with E-state index in [1.165, 1.54) is 40.3 Å². The molecule has 0 spiro atoms. The maximum absolute atomic E-state index is 13.7. The second-order valence-electron chi connectivity index (χ2n) is 14.4. The van der Waals surface area contributed by atoms with Gasteiger partial charge in [0.25, 0.3) is 27.7 Å². The minimum absolute atomic E-state index is 0.0493. The highest BCUT2D eigenvalue weighted by atomic mass is 32.2. The lowest BCUT2D eigenvalue weighted by atomic mass is 9.93. The Bertz CT molecular complexity index is 2440. The third-order valence-electron chi connectivity index (χ3n) is 10.1. The molecular formula is C43H53N9O12S. The van der Waals surface area contributed by atoms with Crippen molar-refractivity contribution in [2.24, 2.45) is 0 Å². The van der Waals surface area contributed by atoms with Crippen molar-refractivity contribution < 1.29 is 55.8 Å². The van der Waals surface area contributed by atoms with Gasteiger partial charge in [0.2, 0.25) is 11.7 Å². The third kappa shape index (κ3) is 14.6. The van der Waals surface area contributed by atoms with E-state index in [2.05, 4.69) is 38.0 Å². The summed E-state index contributed by atoms with van der Waals surface area (Å²) in [7, 11) is -2.95. The number of H-pyrrole nitrogens is 1. The molecule has 0 atom stereocenters. The molecule has 1 aliphatic rings. The van der Waals surface area contributed by atoms with Crippen molar-refractivity contribution in [3.8, 4) is 17.6 Å².